The average Bonchev–Trinajstić information content (AvgIpc) is 2.46. The number of aliphatic hydroxyl groups excluding tert-OH is 1. The number of rotatable bonds is 16. The minimum Gasteiger partial charge on any atom is -0.748 e. The first-order chi connectivity index (χ1) is 10.9. The van der Waals surface area contributed by atoms with Gasteiger partial charge in [0.2, 0.25) is 0 Å². The summed E-state index contributed by atoms with van der Waals surface area (Å²) >= 11 is 0. The van der Waals surface area contributed by atoms with Gasteiger partial charge in [0, 0.05) is 5.25 Å². The molecule has 24 heavy (non-hydrogen) atoms. The van der Waals surface area contributed by atoms with Crippen LogP contribution in [0, 0.1) is 0 Å². The zero-order valence-corrected chi connectivity index (χ0v) is 20.1. The predicted molar refractivity (Wildman–Crippen MR) is 95.5 cm³/mol. The fourth-order valence-electron chi connectivity index (χ4n) is 2.93. The molecule has 4 nitrogen and oxygen atoms in total. The monoisotopic (exact) mass is 388 g/mol. The Bertz CT molecular complexity index is 358. The van der Waals surface area contributed by atoms with Gasteiger partial charge in [0.05, 0.1) is 16.2 Å². The maximum absolute atomic E-state index is 11.3. The van der Waals surface area contributed by atoms with Crippen LogP contribution in [0.5, 0.6) is 0 Å². The Hall–Kier alpha value is 1.51. The molecule has 2 atom stereocenters. The summed E-state index contributed by atoms with van der Waals surface area (Å²) in [5.41, 5.74) is 0. The van der Waals surface area contributed by atoms with Crippen LogP contribution >= 0.6 is 0 Å². The molecule has 0 heterocycles. The van der Waals surface area contributed by atoms with Crippen molar-refractivity contribution in [3.8, 4) is 0 Å². The maximum atomic E-state index is 11.3. The Morgan fingerprint density at radius 2 is 1.17 bits per heavy atom. The summed E-state index contributed by atoms with van der Waals surface area (Å²) in [5.74, 6) is 0. The smallest absolute Gasteiger partial charge is 0.748 e. The van der Waals surface area contributed by atoms with E-state index in [0.717, 1.165) is 70.6 Å². The van der Waals surface area contributed by atoms with E-state index in [1.807, 2.05) is 6.92 Å². The Labute approximate surface area is 192 Å². The minimum atomic E-state index is -4.14. The molecule has 0 fully saturated rings. The fraction of sp³-hybridized carbons (Fsp3) is 1.00. The van der Waals surface area contributed by atoms with Crippen molar-refractivity contribution in [2.24, 2.45) is 0 Å². The summed E-state index contributed by atoms with van der Waals surface area (Å²) in [7, 11) is -4.14. The molecule has 0 aliphatic carbocycles. The van der Waals surface area contributed by atoms with Gasteiger partial charge in [0.15, 0.2) is 0 Å². The molecule has 0 aliphatic heterocycles. The molecular formula is C18H37KO4S. The molecule has 0 aliphatic rings. The quantitative estimate of drug-likeness (QED) is 0.248. The van der Waals surface area contributed by atoms with E-state index in [9.17, 15) is 13.0 Å². The van der Waals surface area contributed by atoms with E-state index in [0.29, 0.717) is 12.8 Å². The molecule has 0 spiro atoms. The van der Waals surface area contributed by atoms with Gasteiger partial charge in [-0.15, -0.1) is 0 Å². The Morgan fingerprint density at radius 3 is 1.54 bits per heavy atom. The van der Waals surface area contributed by atoms with Crippen LogP contribution in [-0.2, 0) is 10.1 Å². The first kappa shape index (κ1) is 27.7. The molecule has 0 saturated heterocycles. The van der Waals surface area contributed by atoms with Crippen molar-refractivity contribution in [1.29, 1.82) is 0 Å². The van der Waals surface area contributed by atoms with Crippen LogP contribution in [0.1, 0.15) is 104 Å². The summed E-state index contributed by atoms with van der Waals surface area (Å²) < 4.78 is 33.9. The number of unbranched alkanes of at least 4 members (excludes halogenated alkanes) is 9. The second-order valence-electron chi connectivity index (χ2n) is 6.87. The Balaban J connectivity index is 0. The van der Waals surface area contributed by atoms with E-state index in [4.69, 9.17) is 5.11 Å². The fourth-order valence-corrected chi connectivity index (χ4v) is 3.84. The van der Waals surface area contributed by atoms with Crippen LogP contribution in [-0.4, -0.2) is 29.4 Å². The molecule has 2 unspecified atom stereocenters. The first-order valence-electron chi connectivity index (χ1n) is 9.50. The molecule has 0 aromatic heterocycles. The zero-order valence-electron chi connectivity index (χ0n) is 16.1. The van der Waals surface area contributed by atoms with Gasteiger partial charge in [-0.3, -0.25) is 0 Å². The van der Waals surface area contributed by atoms with Gasteiger partial charge in [-0.25, -0.2) is 8.42 Å². The molecule has 1 N–H and O–H groups in total. The van der Waals surface area contributed by atoms with Crippen LogP contribution in [0.2, 0.25) is 0 Å². The molecule has 0 bridgehead atoms. The summed E-state index contributed by atoms with van der Waals surface area (Å²) in [6, 6.07) is 0. The largest absolute Gasteiger partial charge is 1.00 e. The SMILES string of the molecule is CCCCCCC(CCCCCCCCCC(C)O)S(=O)(=O)[O-].[K+]. The molecule has 0 amide bonds. The first-order valence-corrected chi connectivity index (χ1v) is 11.0. The van der Waals surface area contributed by atoms with E-state index < -0.39 is 15.4 Å². The van der Waals surface area contributed by atoms with Crippen LogP contribution in [0.15, 0.2) is 0 Å². The second kappa shape index (κ2) is 17.9. The van der Waals surface area contributed by atoms with E-state index in [1.54, 1.807) is 0 Å². The number of aliphatic hydroxyl groups is 1. The molecule has 0 saturated carbocycles. The van der Waals surface area contributed by atoms with Crippen molar-refractivity contribution >= 4 is 10.1 Å². The third-order valence-electron chi connectivity index (χ3n) is 4.44. The molecule has 0 radical (unpaired) electrons. The number of hydrogen-bond donors (Lipinski definition) is 1. The van der Waals surface area contributed by atoms with Crippen molar-refractivity contribution in [3.05, 3.63) is 0 Å². The van der Waals surface area contributed by atoms with Crippen LogP contribution in [0.4, 0.5) is 0 Å². The van der Waals surface area contributed by atoms with Crippen LogP contribution in [0.25, 0.3) is 0 Å². The summed E-state index contributed by atoms with van der Waals surface area (Å²) in [6.07, 6.45) is 13.4. The number of hydrogen-bond acceptors (Lipinski definition) is 4. The van der Waals surface area contributed by atoms with E-state index in [2.05, 4.69) is 6.92 Å². The summed E-state index contributed by atoms with van der Waals surface area (Å²) in [5, 5.41) is 8.48. The predicted octanol–water partition coefficient (Wildman–Crippen LogP) is 1.77. The van der Waals surface area contributed by atoms with Gasteiger partial charge < -0.3 is 9.66 Å². The van der Waals surface area contributed by atoms with E-state index in [-0.39, 0.29) is 57.5 Å². The van der Waals surface area contributed by atoms with Gasteiger partial charge in [-0.1, -0.05) is 77.6 Å². The van der Waals surface area contributed by atoms with E-state index >= 15 is 0 Å². The van der Waals surface area contributed by atoms with Gasteiger partial charge in [0.1, 0.15) is 0 Å². The maximum Gasteiger partial charge on any atom is 1.00 e. The average molecular weight is 389 g/mol. The van der Waals surface area contributed by atoms with Crippen LogP contribution < -0.4 is 51.4 Å². The molecule has 0 aromatic carbocycles. The topological polar surface area (TPSA) is 77.4 Å². The molecule has 0 aromatic rings. The summed E-state index contributed by atoms with van der Waals surface area (Å²) in [4.78, 5) is 0. The molecular weight excluding hydrogens is 351 g/mol. The second-order valence-corrected chi connectivity index (χ2v) is 8.52. The Kier molecular flexibility index (Phi) is 20.7. The van der Waals surface area contributed by atoms with E-state index in [1.165, 1.54) is 6.42 Å². The van der Waals surface area contributed by atoms with Crippen molar-refractivity contribution in [1.82, 2.24) is 0 Å². The van der Waals surface area contributed by atoms with Crippen molar-refractivity contribution in [2.45, 2.75) is 115 Å². The van der Waals surface area contributed by atoms with Gasteiger partial charge in [-0.05, 0) is 26.2 Å². The molecule has 140 valence electrons. The Morgan fingerprint density at radius 1 is 0.792 bits per heavy atom. The standard InChI is InChI=1S/C18H38O4S.K/c1-3-4-5-12-15-18(23(20,21)22)16-13-10-8-6-7-9-11-14-17(2)19;/h17-19H,3-16H2,1-2H3,(H,20,21,22);/q;+1/p-1. The third kappa shape index (κ3) is 18.3. The zero-order chi connectivity index (χ0) is 17.6. The van der Waals surface area contributed by atoms with Crippen LogP contribution in [0.3, 0.4) is 0 Å². The molecule has 6 heteroatoms. The third-order valence-corrected chi connectivity index (χ3v) is 5.72. The summed E-state index contributed by atoms with van der Waals surface area (Å²) in [6.45, 7) is 3.94. The normalized spacial score (nSPS) is 14.2. The van der Waals surface area contributed by atoms with Gasteiger partial charge in [-0.2, -0.15) is 0 Å². The molecule has 0 rings (SSSR count). The van der Waals surface area contributed by atoms with Crippen molar-refractivity contribution < 1.29 is 69.5 Å². The van der Waals surface area contributed by atoms with Gasteiger partial charge in [0.25, 0.3) is 0 Å². The minimum absolute atomic E-state index is 0. The van der Waals surface area contributed by atoms with Gasteiger partial charge >= 0.3 is 51.4 Å². The van der Waals surface area contributed by atoms with Crippen molar-refractivity contribution in [3.63, 3.8) is 0 Å². The van der Waals surface area contributed by atoms with Crippen molar-refractivity contribution in [2.75, 3.05) is 0 Å².